The van der Waals surface area contributed by atoms with Gasteiger partial charge in [0.1, 0.15) is 24.0 Å². The number of alkyl carbamates (subject to hydrolysis) is 1. The molecule has 1 atom stereocenters. The molecule has 0 bridgehead atoms. The number of carbonyl (C=O) groups excluding carboxylic acids is 3. The van der Waals surface area contributed by atoms with Gasteiger partial charge in [-0.15, -0.1) is 0 Å². The van der Waals surface area contributed by atoms with E-state index in [2.05, 4.69) is 16.0 Å². The molecule has 158 valence electrons. The SMILES string of the molecule is CNC(=O)C(CCC=O)c1c(F)cc(N2CC(NC(=O)OC3CNC3)C2)cc1F. The minimum absolute atomic E-state index is 0.0185. The van der Waals surface area contributed by atoms with Gasteiger partial charge in [-0.2, -0.15) is 0 Å². The highest BCUT2D eigenvalue weighted by molar-refractivity contribution is 5.84. The first-order chi connectivity index (χ1) is 13.9. The lowest BCUT2D eigenvalue weighted by molar-refractivity contribution is -0.122. The normalized spacial score (nSPS) is 17.7. The molecule has 29 heavy (non-hydrogen) atoms. The number of likely N-dealkylation sites (N-methyl/N-ethyl adjacent to an activating group) is 1. The number of ether oxygens (including phenoxy) is 1. The lowest BCUT2D eigenvalue weighted by atomic mass is 9.92. The topological polar surface area (TPSA) is 99.8 Å². The van der Waals surface area contributed by atoms with E-state index >= 15 is 0 Å². The summed E-state index contributed by atoms with van der Waals surface area (Å²) in [6.07, 6.45) is 0.0299. The van der Waals surface area contributed by atoms with Crippen molar-refractivity contribution in [2.24, 2.45) is 0 Å². The molecule has 1 aromatic carbocycles. The summed E-state index contributed by atoms with van der Waals surface area (Å²) in [5, 5.41) is 8.09. The average molecular weight is 410 g/mol. The van der Waals surface area contributed by atoms with Crippen LogP contribution >= 0.6 is 0 Å². The molecule has 8 nitrogen and oxygen atoms in total. The maximum absolute atomic E-state index is 14.7. The second kappa shape index (κ2) is 9.17. The summed E-state index contributed by atoms with van der Waals surface area (Å²) in [7, 11) is 1.38. The molecule has 0 aliphatic carbocycles. The summed E-state index contributed by atoms with van der Waals surface area (Å²) in [6.45, 7) is 2.05. The fourth-order valence-corrected chi connectivity index (χ4v) is 3.38. The molecule has 2 aliphatic rings. The average Bonchev–Trinajstić information content (AvgIpc) is 2.62. The van der Waals surface area contributed by atoms with Gasteiger partial charge in [0.15, 0.2) is 0 Å². The Bertz CT molecular complexity index is 758. The van der Waals surface area contributed by atoms with Crippen molar-refractivity contribution in [1.29, 1.82) is 0 Å². The van der Waals surface area contributed by atoms with Gasteiger partial charge in [0.2, 0.25) is 5.91 Å². The Morgan fingerprint density at radius 3 is 2.48 bits per heavy atom. The molecular weight excluding hydrogens is 386 g/mol. The van der Waals surface area contributed by atoms with Crippen LogP contribution in [0.5, 0.6) is 0 Å². The Morgan fingerprint density at radius 1 is 1.31 bits per heavy atom. The zero-order chi connectivity index (χ0) is 21.0. The second-order valence-electron chi connectivity index (χ2n) is 7.17. The van der Waals surface area contributed by atoms with Crippen LogP contribution in [0.1, 0.15) is 24.3 Å². The van der Waals surface area contributed by atoms with Crippen molar-refractivity contribution in [3.8, 4) is 0 Å². The maximum atomic E-state index is 14.7. The van der Waals surface area contributed by atoms with E-state index in [1.807, 2.05) is 0 Å². The zero-order valence-corrected chi connectivity index (χ0v) is 16.0. The summed E-state index contributed by atoms with van der Waals surface area (Å²) >= 11 is 0. The number of hydrogen-bond acceptors (Lipinski definition) is 6. The van der Waals surface area contributed by atoms with Crippen LogP contribution in [0.4, 0.5) is 19.3 Å². The van der Waals surface area contributed by atoms with E-state index in [-0.39, 0.29) is 30.6 Å². The van der Waals surface area contributed by atoms with E-state index < -0.39 is 29.6 Å². The molecule has 10 heteroatoms. The van der Waals surface area contributed by atoms with Crippen LogP contribution in [-0.2, 0) is 14.3 Å². The third-order valence-corrected chi connectivity index (χ3v) is 5.13. The summed E-state index contributed by atoms with van der Waals surface area (Å²) in [5.74, 6) is -3.31. The smallest absolute Gasteiger partial charge is 0.407 e. The second-order valence-corrected chi connectivity index (χ2v) is 7.17. The lowest BCUT2D eigenvalue weighted by Crippen LogP contribution is -2.60. The van der Waals surface area contributed by atoms with Crippen molar-refractivity contribution in [3.05, 3.63) is 29.3 Å². The summed E-state index contributed by atoms with van der Waals surface area (Å²) < 4.78 is 34.5. The van der Waals surface area contributed by atoms with Gasteiger partial charge in [0, 0.05) is 50.9 Å². The van der Waals surface area contributed by atoms with Gasteiger partial charge >= 0.3 is 6.09 Å². The standard InChI is InChI=1S/C19H24F2N4O4/c1-22-18(27)14(3-2-4-26)17-15(20)5-12(6-16(17)21)25-9-11(10-25)24-19(28)29-13-7-23-8-13/h4-6,11,13-14,23H,2-3,7-10H2,1H3,(H,22,27)(H,24,28). The number of nitrogens with one attached hydrogen (secondary N) is 3. The van der Waals surface area contributed by atoms with E-state index in [0.717, 1.165) is 0 Å². The molecule has 2 fully saturated rings. The molecule has 2 saturated heterocycles. The first-order valence-corrected chi connectivity index (χ1v) is 9.50. The summed E-state index contributed by atoms with van der Waals surface area (Å²) in [6, 6.07) is 2.17. The van der Waals surface area contributed by atoms with Gasteiger partial charge in [-0.25, -0.2) is 13.6 Å². The molecule has 0 aromatic heterocycles. The highest BCUT2D eigenvalue weighted by atomic mass is 19.1. The van der Waals surface area contributed by atoms with Crippen molar-refractivity contribution in [2.75, 3.05) is 38.1 Å². The van der Waals surface area contributed by atoms with Crippen molar-refractivity contribution >= 4 is 24.0 Å². The molecule has 0 saturated carbocycles. The Morgan fingerprint density at radius 2 is 1.97 bits per heavy atom. The molecule has 2 aliphatic heterocycles. The number of halogens is 2. The van der Waals surface area contributed by atoms with E-state index in [0.29, 0.717) is 38.2 Å². The van der Waals surface area contributed by atoms with E-state index in [4.69, 9.17) is 4.74 Å². The van der Waals surface area contributed by atoms with Gasteiger partial charge in [-0.1, -0.05) is 0 Å². The van der Waals surface area contributed by atoms with Crippen molar-refractivity contribution in [2.45, 2.75) is 30.9 Å². The van der Waals surface area contributed by atoms with Crippen LogP contribution in [0, 0.1) is 11.6 Å². The number of hydrogen-bond donors (Lipinski definition) is 3. The molecule has 0 spiro atoms. The van der Waals surface area contributed by atoms with Crippen molar-refractivity contribution in [1.82, 2.24) is 16.0 Å². The molecule has 3 N–H and O–H groups in total. The molecule has 3 rings (SSSR count). The number of amides is 2. The van der Waals surface area contributed by atoms with Gasteiger partial charge in [-0.3, -0.25) is 4.79 Å². The zero-order valence-electron chi connectivity index (χ0n) is 16.0. The molecule has 2 amide bonds. The minimum Gasteiger partial charge on any atom is -0.444 e. The number of aldehydes is 1. The molecule has 1 unspecified atom stereocenters. The number of carbonyl (C=O) groups is 3. The highest BCUT2D eigenvalue weighted by Crippen LogP contribution is 2.32. The van der Waals surface area contributed by atoms with Crippen LogP contribution in [0.15, 0.2) is 12.1 Å². The van der Waals surface area contributed by atoms with Crippen LogP contribution in [0.2, 0.25) is 0 Å². The van der Waals surface area contributed by atoms with Gasteiger partial charge < -0.3 is 30.4 Å². The Labute approximate surface area is 167 Å². The van der Waals surface area contributed by atoms with Crippen LogP contribution in [0.25, 0.3) is 0 Å². The van der Waals surface area contributed by atoms with E-state index in [9.17, 15) is 23.2 Å². The number of benzene rings is 1. The Hall–Kier alpha value is -2.75. The Kier molecular flexibility index (Phi) is 6.63. The summed E-state index contributed by atoms with van der Waals surface area (Å²) in [4.78, 5) is 36.1. The predicted molar refractivity (Wildman–Crippen MR) is 101 cm³/mol. The quantitative estimate of drug-likeness (QED) is 0.545. The number of rotatable bonds is 8. The largest absolute Gasteiger partial charge is 0.444 e. The summed E-state index contributed by atoms with van der Waals surface area (Å²) in [5.41, 5.74) is -0.0211. The lowest BCUT2D eigenvalue weighted by Gasteiger charge is -2.41. The van der Waals surface area contributed by atoms with Crippen molar-refractivity contribution < 1.29 is 27.9 Å². The molecule has 1 aromatic rings. The fraction of sp³-hybridized carbons (Fsp3) is 0.526. The van der Waals surface area contributed by atoms with Gasteiger partial charge in [0.05, 0.1) is 12.0 Å². The molecule has 2 heterocycles. The highest BCUT2D eigenvalue weighted by Gasteiger charge is 2.32. The minimum atomic E-state index is -1.08. The van der Waals surface area contributed by atoms with Crippen LogP contribution in [0.3, 0.4) is 0 Å². The van der Waals surface area contributed by atoms with E-state index in [1.165, 1.54) is 19.2 Å². The maximum Gasteiger partial charge on any atom is 0.407 e. The number of anilines is 1. The monoisotopic (exact) mass is 410 g/mol. The predicted octanol–water partition coefficient (Wildman–Crippen LogP) is 0.660. The molecular formula is C19H24F2N4O4. The third-order valence-electron chi connectivity index (χ3n) is 5.13. The van der Waals surface area contributed by atoms with Gasteiger partial charge in [-0.05, 0) is 18.6 Å². The van der Waals surface area contributed by atoms with Crippen molar-refractivity contribution in [3.63, 3.8) is 0 Å². The van der Waals surface area contributed by atoms with Gasteiger partial charge in [0.25, 0.3) is 0 Å². The first-order valence-electron chi connectivity index (χ1n) is 9.50. The first kappa shape index (κ1) is 21.0. The van der Waals surface area contributed by atoms with Crippen LogP contribution in [-0.4, -0.2) is 63.7 Å². The number of nitrogens with zero attached hydrogens (tertiary/aromatic N) is 1. The third kappa shape index (κ3) is 4.81. The van der Waals surface area contributed by atoms with Crippen LogP contribution < -0.4 is 20.9 Å². The van der Waals surface area contributed by atoms with E-state index in [1.54, 1.807) is 4.90 Å². The molecule has 0 radical (unpaired) electrons. The fourth-order valence-electron chi connectivity index (χ4n) is 3.38. The Balaban J connectivity index is 1.62.